The van der Waals surface area contributed by atoms with E-state index in [-0.39, 0.29) is 28.4 Å². The second kappa shape index (κ2) is 8.00. The number of aromatic nitrogens is 2. The van der Waals surface area contributed by atoms with Gasteiger partial charge in [0.05, 0.1) is 25.7 Å². The van der Waals surface area contributed by atoms with E-state index in [0.29, 0.717) is 28.3 Å². The zero-order chi connectivity index (χ0) is 24.0. The molecular formula is C24H20N4O6. The summed E-state index contributed by atoms with van der Waals surface area (Å²) in [7, 11) is 3.03. The van der Waals surface area contributed by atoms with E-state index in [9.17, 15) is 9.59 Å². The van der Waals surface area contributed by atoms with Crippen LogP contribution < -0.4 is 37.5 Å². The maximum absolute atomic E-state index is 13.0. The number of carbonyl (C=O) groups is 1. The lowest BCUT2D eigenvalue weighted by molar-refractivity contribution is -0.113. The second-order valence-corrected chi connectivity index (χ2v) is 7.50. The number of rotatable bonds is 5. The number of primary amides is 1. The number of ether oxygens (including phenoxy) is 2. The number of nitrogens with two attached hydrogens (primary N) is 2. The minimum Gasteiger partial charge on any atom is -0.496 e. The molecule has 10 heteroatoms. The first-order valence-electron chi connectivity index (χ1n) is 10.2. The standard InChI is InChI=1S/C24H20N4O6/c1-31-15-9-5-3-7-12(15)11-14-23(30)33-21-18(20(25)29)17(13-8-4-6-10-16(13)32-2)19-22(28(14)21)34-24(26)27-19/h3-11,17H,1-2H3,(H2,25,29)(H2,26,27)/b14-11+. The number of nitrogens with zero attached hydrogens (tertiary/aromatic N) is 2. The molecule has 2 aromatic carbocycles. The Hall–Kier alpha value is -4.73. The topological polar surface area (TPSA) is 149 Å². The summed E-state index contributed by atoms with van der Waals surface area (Å²) in [6, 6.07) is 14.1. The molecule has 172 valence electrons. The van der Waals surface area contributed by atoms with Gasteiger partial charge in [-0.2, -0.15) is 4.98 Å². The monoisotopic (exact) mass is 460 g/mol. The third-order valence-electron chi connectivity index (χ3n) is 5.64. The molecule has 1 unspecified atom stereocenters. The molecule has 4 aromatic rings. The molecule has 5 rings (SSSR count). The van der Waals surface area contributed by atoms with Gasteiger partial charge in [-0.15, -0.1) is 0 Å². The molecule has 1 atom stereocenters. The third-order valence-corrected chi connectivity index (χ3v) is 5.64. The summed E-state index contributed by atoms with van der Waals surface area (Å²) in [5.74, 6) is -0.470. The average molecular weight is 460 g/mol. The first-order valence-corrected chi connectivity index (χ1v) is 10.2. The number of carbonyl (C=O) groups excluding carboxylic acids is 1. The van der Waals surface area contributed by atoms with Crippen molar-refractivity contribution >= 4 is 23.6 Å². The maximum Gasteiger partial charge on any atom is 0.362 e. The van der Waals surface area contributed by atoms with Crippen molar-refractivity contribution < 1.29 is 23.1 Å². The smallest absolute Gasteiger partial charge is 0.362 e. The highest BCUT2D eigenvalue weighted by Crippen LogP contribution is 2.41. The lowest BCUT2D eigenvalue weighted by Gasteiger charge is -2.22. The van der Waals surface area contributed by atoms with Gasteiger partial charge in [-0.1, -0.05) is 36.4 Å². The van der Waals surface area contributed by atoms with Gasteiger partial charge < -0.3 is 29.8 Å². The molecule has 3 heterocycles. The largest absolute Gasteiger partial charge is 0.496 e. The van der Waals surface area contributed by atoms with E-state index < -0.39 is 17.5 Å². The number of para-hydroxylation sites is 2. The predicted molar refractivity (Wildman–Crippen MR) is 122 cm³/mol. The number of nitrogen functional groups attached to an aromatic ring is 1. The number of hydrogen-bond acceptors (Lipinski definition) is 8. The van der Waals surface area contributed by atoms with Gasteiger partial charge in [-0.3, -0.25) is 4.79 Å². The first-order chi connectivity index (χ1) is 16.4. The molecule has 0 aliphatic carbocycles. The summed E-state index contributed by atoms with van der Waals surface area (Å²) in [5.41, 5.74) is 12.5. The van der Waals surface area contributed by atoms with Crippen molar-refractivity contribution in [2.75, 3.05) is 20.0 Å². The number of amides is 1. The van der Waals surface area contributed by atoms with Gasteiger partial charge in [0.1, 0.15) is 22.5 Å². The lowest BCUT2D eigenvalue weighted by Crippen LogP contribution is -2.38. The molecule has 4 N–H and O–H groups in total. The van der Waals surface area contributed by atoms with Gasteiger partial charge in [0, 0.05) is 11.1 Å². The van der Waals surface area contributed by atoms with Crippen molar-refractivity contribution in [3.63, 3.8) is 0 Å². The Labute approximate surface area is 192 Å². The molecule has 0 spiro atoms. The van der Waals surface area contributed by atoms with Crippen LogP contribution >= 0.6 is 0 Å². The predicted octanol–water partition coefficient (Wildman–Crippen LogP) is 0.628. The zero-order valence-corrected chi connectivity index (χ0v) is 18.3. The van der Waals surface area contributed by atoms with E-state index in [0.717, 1.165) is 0 Å². The molecule has 0 fully saturated rings. The summed E-state index contributed by atoms with van der Waals surface area (Å²) >= 11 is 0. The number of oxazole rings is 2. The van der Waals surface area contributed by atoms with Gasteiger partial charge in [0.15, 0.2) is 0 Å². The highest BCUT2D eigenvalue weighted by molar-refractivity contribution is 6.15. The Morgan fingerprint density at radius 3 is 2.44 bits per heavy atom. The van der Waals surface area contributed by atoms with Crippen molar-refractivity contribution in [2.24, 2.45) is 5.73 Å². The summed E-state index contributed by atoms with van der Waals surface area (Å²) in [5, 5.41) is 0.0779. The van der Waals surface area contributed by atoms with E-state index in [2.05, 4.69) is 4.98 Å². The number of fused-ring (bicyclic) bond motifs is 3. The number of methoxy groups -OCH3 is 2. The normalized spacial score (nSPS) is 15.1. The highest BCUT2D eigenvalue weighted by Gasteiger charge is 2.39. The maximum atomic E-state index is 13.0. The molecular weight excluding hydrogens is 440 g/mol. The second-order valence-electron chi connectivity index (χ2n) is 7.50. The minimum absolute atomic E-state index is 0.0158. The van der Waals surface area contributed by atoms with Crippen molar-refractivity contribution in [1.29, 1.82) is 0 Å². The van der Waals surface area contributed by atoms with Gasteiger partial charge in [0.2, 0.25) is 11.4 Å². The molecule has 0 bridgehead atoms. The van der Waals surface area contributed by atoms with E-state index in [4.69, 9.17) is 29.8 Å². The van der Waals surface area contributed by atoms with Crippen LogP contribution in [0.15, 0.2) is 62.2 Å². The molecule has 2 aromatic heterocycles. The molecule has 1 amide bonds. The van der Waals surface area contributed by atoms with Crippen molar-refractivity contribution in [3.05, 3.63) is 86.7 Å². The SMILES string of the molecule is COc1ccccc1/C=c1\c(=O)oc2n1-c1oc(N)nc1C(c1ccccc1OC)C=2C(N)=O. The van der Waals surface area contributed by atoms with Gasteiger partial charge in [-0.05, 0) is 18.2 Å². The molecule has 0 saturated carbocycles. The molecule has 1 aliphatic heterocycles. The summed E-state index contributed by atoms with van der Waals surface area (Å²) in [6.07, 6.45) is 1.57. The van der Waals surface area contributed by atoms with E-state index in [1.54, 1.807) is 54.6 Å². The van der Waals surface area contributed by atoms with Crippen molar-refractivity contribution in [3.8, 4) is 17.4 Å². The van der Waals surface area contributed by atoms with Gasteiger partial charge in [-0.25, -0.2) is 9.36 Å². The van der Waals surface area contributed by atoms with Gasteiger partial charge in [0.25, 0.3) is 11.9 Å². The number of anilines is 1. The highest BCUT2D eigenvalue weighted by atomic mass is 16.5. The summed E-state index contributed by atoms with van der Waals surface area (Å²) in [6.45, 7) is 0. The quantitative estimate of drug-likeness (QED) is 0.440. The van der Waals surface area contributed by atoms with E-state index in [1.807, 2.05) is 0 Å². The molecule has 0 saturated heterocycles. The first kappa shape index (κ1) is 21.1. The van der Waals surface area contributed by atoms with Crippen molar-refractivity contribution in [1.82, 2.24) is 9.55 Å². The molecule has 0 radical (unpaired) electrons. The number of hydrogen-bond donors (Lipinski definition) is 2. The number of benzene rings is 2. The Balaban J connectivity index is 1.93. The zero-order valence-electron chi connectivity index (χ0n) is 18.3. The van der Waals surface area contributed by atoms with Crippen LogP contribution in [-0.2, 0) is 4.79 Å². The Kier molecular flexibility index (Phi) is 4.97. The lowest BCUT2D eigenvalue weighted by atomic mass is 9.86. The van der Waals surface area contributed by atoms with Crippen LogP contribution in [0.4, 0.5) is 6.01 Å². The summed E-state index contributed by atoms with van der Waals surface area (Å²) < 4.78 is 23.5. The average Bonchev–Trinajstić information content (AvgIpc) is 3.37. The van der Waals surface area contributed by atoms with Gasteiger partial charge >= 0.3 is 5.63 Å². The van der Waals surface area contributed by atoms with Crippen LogP contribution in [0.2, 0.25) is 0 Å². The van der Waals surface area contributed by atoms with E-state index >= 15 is 0 Å². The minimum atomic E-state index is -0.839. The summed E-state index contributed by atoms with van der Waals surface area (Å²) in [4.78, 5) is 30.1. The third kappa shape index (κ3) is 3.15. The van der Waals surface area contributed by atoms with Crippen LogP contribution in [0, 0.1) is 0 Å². The molecule has 10 nitrogen and oxygen atoms in total. The van der Waals surface area contributed by atoms with Crippen LogP contribution in [0.1, 0.15) is 22.7 Å². The molecule has 34 heavy (non-hydrogen) atoms. The fourth-order valence-electron chi connectivity index (χ4n) is 4.22. The van der Waals surface area contributed by atoms with Crippen LogP contribution in [0.25, 0.3) is 17.5 Å². The van der Waals surface area contributed by atoms with Crippen LogP contribution in [0.5, 0.6) is 11.5 Å². The molecule has 1 aliphatic rings. The van der Waals surface area contributed by atoms with E-state index in [1.165, 1.54) is 18.8 Å². The van der Waals surface area contributed by atoms with Crippen molar-refractivity contribution in [2.45, 2.75) is 5.92 Å². The fraction of sp³-hybridized carbons (Fsp3) is 0.125. The Morgan fingerprint density at radius 1 is 1.06 bits per heavy atom. The Morgan fingerprint density at radius 2 is 1.74 bits per heavy atom. The van der Waals surface area contributed by atoms with Crippen LogP contribution in [0.3, 0.4) is 0 Å². The van der Waals surface area contributed by atoms with Crippen LogP contribution in [-0.4, -0.2) is 29.7 Å². The Bertz CT molecular complexity index is 1610. The fourth-order valence-corrected chi connectivity index (χ4v) is 4.22.